The quantitative estimate of drug-likeness (QED) is 0.130. The molecule has 0 aliphatic carbocycles. The first-order valence-electron chi connectivity index (χ1n) is 12.9. The van der Waals surface area contributed by atoms with Crippen molar-refractivity contribution in [2.75, 3.05) is 17.2 Å². The number of benzene rings is 1. The van der Waals surface area contributed by atoms with Gasteiger partial charge in [-0.1, -0.05) is 25.4 Å². The first-order valence-corrected chi connectivity index (χ1v) is 13.3. The highest BCUT2D eigenvalue weighted by atomic mass is 35.5. The van der Waals surface area contributed by atoms with E-state index >= 15 is 8.78 Å². The van der Waals surface area contributed by atoms with Crippen molar-refractivity contribution < 1.29 is 17.6 Å². The molecule has 1 aliphatic rings. The zero-order valence-corrected chi connectivity index (χ0v) is 23.1. The Hall–Kier alpha value is -3.73. The van der Waals surface area contributed by atoms with Crippen LogP contribution in [0.25, 0.3) is 28.0 Å². The van der Waals surface area contributed by atoms with Crippen LogP contribution in [0.3, 0.4) is 0 Å². The molecule has 7 nitrogen and oxygen atoms in total. The molecule has 1 aromatic carbocycles. The molecule has 1 saturated heterocycles. The van der Waals surface area contributed by atoms with Gasteiger partial charge < -0.3 is 10.6 Å². The number of pyridine rings is 2. The monoisotopic (exact) mass is 574 g/mol. The Morgan fingerprint density at radius 2 is 1.82 bits per heavy atom. The molecule has 3 aromatic heterocycles. The maximum atomic E-state index is 15.8. The molecule has 1 fully saturated rings. The summed E-state index contributed by atoms with van der Waals surface area (Å²) in [7, 11) is 0. The molecule has 0 spiro atoms. The fourth-order valence-electron chi connectivity index (χ4n) is 5.28. The Morgan fingerprint density at radius 3 is 2.50 bits per heavy atom. The zero-order chi connectivity index (χ0) is 29.0. The highest BCUT2D eigenvalue weighted by Crippen LogP contribution is 2.40. The SMILES string of the molecule is Cc1ccnc(C(C)C)c1-n1c(=O)nc(N2CCCC[C@@H]2C)c2cc(F)c(-c3c(N)c(Cl)c(F)c(F)c3F)nc21. The van der Waals surface area contributed by atoms with E-state index in [1.165, 1.54) is 4.57 Å². The first kappa shape index (κ1) is 27.8. The highest BCUT2D eigenvalue weighted by Gasteiger charge is 2.30. The van der Waals surface area contributed by atoms with Gasteiger partial charge in [0.1, 0.15) is 16.5 Å². The van der Waals surface area contributed by atoms with Crippen molar-refractivity contribution in [1.29, 1.82) is 0 Å². The molecule has 0 unspecified atom stereocenters. The summed E-state index contributed by atoms with van der Waals surface area (Å²) in [6, 6.07) is 2.77. The topological polar surface area (TPSA) is 89.9 Å². The zero-order valence-electron chi connectivity index (χ0n) is 22.3. The van der Waals surface area contributed by atoms with Gasteiger partial charge in [-0.05, 0) is 56.7 Å². The van der Waals surface area contributed by atoms with E-state index in [9.17, 15) is 13.6 Å². The normalized spacial score (nSPS) is 15.8. The van der Waals surface area contributed by atoms with Crippen LogP contribution in [-0.4, -0.2) is 32.1 Å². The Bertz CT molecular complexity index is 1700. The van der Waals surface area contributed by atoms with Crippen LogP contribution in [0.15, 0.2) is 23.1 Å². The Morgan fingerprint density at radius 1 is 1.10 bits per heavy atom. The van der Waals surface area contributed by atoms with Crippen molar-refractivity contribution in [2.24, 2.45) is 0 Å². The van der Waals surface area contributed by atoms with Crippen LogP contribution in [0, 0.1) is 30.2 Å². The number of hydrogen-bond donors (Lipinski definition) is 1. The largest absolute Gasteiger partial charge is 0.397 e. The minimum Gasteiger partial charge on any atom is -0.397 e. The summed E-state index contributed by atoms with van der Waals surface area (Å²) in [6.45, 7) is 8.14. The molecule has 2 N–H and O–H groups in total. The average molecular weight is 575 g/mol. The third-order valence-corrected chi connectivity index (χ3v) is 7.71. The lowest BCUT2D eigenvalue weighted by Gasteiger charge is -2.35. The molecule has 0 saturated carbocycles. The lowest BCUT2D eigenvalue weighted by atomic mass is 10.0. The molecule has 0 amide bonds. The molecule has 4 heterocycles. The highest BCUT2D eigenvalue weighted by molar-refractivity contribution is 6.34. The van der Waals surface area contributed by atoms with Gasteiger partial charge in [0.15, 0.2) is 28.9 Å². The third kappa shape index (κ3) is 4.36. The van der Waals surface area contributed by atoms with Gasteiger partial charge in [-0.15, -0.1) is 0 Å². The number of hydrogen-bond acceptors (Lipinski definition) is 6. The van der Waals surface area contributed by atoms with Gasteiger partial charge in [-0.3, -0.25) is 4.98 Å². The van der Waals surface area contributed by atoms with E-state index in [2.05, 4.69) is 15.0 Å². The molecule has 12 heteroatoms. The second-order valence-corrected chi connectivity index (χ2v) is 10.7. The fourth-order valence-corrected chi connectivity index (χ4v) is 5.46. The summed E-state index contributed by atoms with van der Waals surface area (Å²) in [5.41, 5.74) is 4.38. The van der Waals surface area contributed by atoms with E-state index in [0.717, 1.165) is 25.3 Å². The summed E-state index contributed by atoms with van der Waals surface area (Å²) >= 11 is 5.82. The van der Waals surface area contributed by atoms with E-state index in [-0.39, 0.29) is 28.8 Å². The summed E-state index contributed by atoms with van der Waals surface area (Å²) in [5, 5.41) is -0.726. The number of anilines is 2. The third-order valence-electron chi connectivity index (χ3n) is 7.34. The van der Waals surface area contributed by atoms with E-state index in [1.807, 2.05) is 25.7 Å². The van der Waals surface area contributed by atoms with Gasteiger partial charge in [0.2, 0.25) is 0 Å². The summed E-state index contributed by atoms with van der Waals surface area (Å²) in [4.78, 5) is 28.9. The number of nitrogen functional groups attached to an aromatic ring is 1. The second kappa shape index (κ2) is 10.3. The van der Waals surface area contributed by atoms with Crippen molar-refractivity contribution in [3.8, 4) is 16.9 Å². The van der Waals surface area contributed by atoms with E-state index in [1.54, 1.807) is 19.2 Å². The van der Waals surface area contributed by atoms with Crippen LogP contribution in [0.2, 0.25) is 5.02 Å². The fraction of sp³-hybridized carbons (Fsp3) is 0.357. The van der Waals surface area contributed by atoms with Crippen LogP contribution >= 0.6 is 11.6 Å². The number of piperidine rings is 1. The average Bonchev–Trinajstić information content (AvgIpc) is 2.92. The number of aromatic nitrogens is 4. The summed E-state index contributed by atoms with van der Waals surface area (Å²) in [6.07, 6.45) is 4.29. The first-order chi connectivity index (χ1) is 18.9. The molecule has 1 aliphatic heterocycles. The Balaban J connectivity index is 1.95. The maximum absolute atomic E-state index is 15.8. The van der Waals surface area contributed by atoms with Gasteiger partial charge >= 0.3 is 5.69 Å². The van der Waals surface area contributed by atoms with Gasteiger partial charge in [0, 0.05) is 18.8 Å². The van der Waals surface area contributed by atoms with Gasteiger partial charge in [-0.2, -0.15) is 4.98 Å². The van der Waals surface area contributed by atoms with Crippen LogP contribution in [0.5, 0.6) is 0 Å². The molecule has 1 atom stereocenters. The van der Waals surface area contributed by atoms with Crippen molar-refractivity contribution in [3.63, 3.8) is 0 Å². The van der Waals surface area contributed by atoms with Crippen LogP contribution < -0.4 is 16.3 Å². The number of aryl methyl sites for hydroxylation is 1. The summed E-state index contributed by atoms with van der Waals surface area (Å²) < 4.78 is 60.6. The molecule has 40 heavy (non-hydrogen) atoms. The number of fused-ring (bicyclic) bond motifs is 1. The van der Waals surface area contributed by atoms with E-state index < -0.39 is 50.9 Å². The van der Waals surface area contributed by atoms with Crippen LogP contribution in [-0.2, 0) is 0 Å². The Labute approximate surface area is 232 Å². The molecule has 4 aromatic rings. The van der Waals surface area contributed by atoms with Crippen molar-refractivity contribution in [2.45, 2.75) is 58.9 Å². The molecule has 0 radical (unpaired) electrons. The molecule has 0 bridgehead atoms. The predicted octanol–water partition coefficient (Wildman–Crippen LogP) is 6.45. The lowest BCUT2D eigenvalue weighted by Crippen LogP contribution is -2.40. The van der Waals surface area contributed by atoms with E-state index in [4.69, 9.17) is 17.3 Å². The second-order valence-electron chi connectivity index (χ2n) is 10.3. The number of halogens is 5. The van der Waals surface area contributed by atoms with Crippen LogP contribution in [0.1, 0.15) is 57.2 Å². The predicted molar refractivity (Wildman–Crippen MR) is 147 cm³/mol. The molecular formula is C28H27ClF4N6O. The minimum absolute atomic E-state index is 0.00637. The molecule has 210 valence electrons. The smallest absolute Gasteiger partial charge is 0.355 e. The number of nitrogens with two attached hydrogens (primary N) is 1. The van der Waals surface area contributed by atoms with Crippen LogP contribution in [0.4, 0.5) is 29.1 Å². The Kier molecular flexibility index (Phi) is 7.20. The van der Waals surface area contributed by atoms with Gasteiger partial charge in [0.05, 0.1) is 28.0 Å². The minimum atomic E-state index is -1.92. The van der Waals surface area contributed by atoms with E-state index in [0.29, 0.717) is 23.5 Å². The van der Waals surface area contributed by atoms with Crippen molar-refractivity contribution >= 4 is 34.1 Å². The summed E-state index contributed by atoms with van der Waals surface area (Å²) in [5.74, 6) is -6.35. The number of rotatable bonds is 4. The number of nitrogens with zero attached hydrogens (tertiary/aromatic N) is 5. The van der Waals surface area contributed by atoms with Crippen molar-refractivity contribution in [1.82, 2.24) is 19.5 Å². The van der Waals surface area contributed by atoms with Gasteiger partial charge in [0.25, 0.3) is 0 Å². The van der Waals surface area contributed by atoms with Crippen molar-refractivity contribution in [3.05, 3.63) is 68.4 Å². The molecule has 5 rings (SSSR count). The lowest BCUT2D eigenvalue weighted by molar-refractivity contribution is 0.449. The standard InChI is InChI=1S/C28H27ClF4N6O/c1-12(2)23-25(13(3)8-9-35-23)39-27-15(26(37-28(39)40)38-10-6-5-7-14(38)4)11-16(30)24(36-27)17-19(31)21(33)20(32)18(29)22(17)34/h8-9,11-12,14H,5-7,10,34H2,1-4H3/t14-/m0/s1. The molecular weight excluding hydrogens is 548 g/mol. The van der Waals surface area contributed by atoms with Gasteiger partial charge in [-0.25, -0.2) is 31.9 Å². The maximum Gasteiger partial charge on any atom is 0.355 e.